The third kappa shape index (κ3) is 22.3. The fourth-order valence-electron chi connectivity index (χ4n) is 3.01. The maximum absolute atomic E-state index is 11.5. The molecule has 0 saturated carbocycles. The number of hydrogen-bond donors (Lipinski definition) is 1. The predicted octanol–water partition coefficient (Wildman–Crippen LogP) is 6.96. The molecule has 0 aromatic heterocycles. The molecule has 0 saturated heterocycles. The zero-order valence-electron chi connectivity index (χ0n) is 18.4. The van der Waals surface area contributed by atoms with Crippen molar-refractivity contribution in [1.82, 2.24) is 0 Å². The Morgan fingerprint density at radius 2 is 1.11 bits per heavy atom. The van der Waals surface area contributed by atoms with E-state index in [1.807, 2.05) is 6.92 Å². The number of ether oxygens (including phenoxy) is 1. The highest BCUT2D eigenvalue weighted by Gasteiger charge is 2.22. The molecule has 0 aromatic carbocycles. The Labute approximate surface area is 173 Å². The highest BCUT2D eigenvalue weighted by molar-refractivity contribution is 7.47. The maximum Gasteiger partial charge on any atom is 0.499 e. The summed E-state index contributed by atoms with van der Waals surface area (Å²) in [5, 5.41) is 0. The molecule has 0 aliphatic heterocycles. The van der Waals surface area contributed by atoms with Gasteiger partial charge in [-0.1, -0.05) is 96.8 Å². The Balaban J connectivity index is 3.20. The van der Waals surface area contributed by atoms with Gasteiger partial charge in [-0.3, -0.25) is 4.52 Å². The van der Waals surface area contributed by atoms with Gasteiger partial charge in [0.1, 0.15) is 0 Å². The molecular formula is C21H45O6P. The second-order valence-corrected chi connectivity index (χ2v) is 8.69. The first-order valence-corrected chi connectivity index (χ1v) is 13.0. The van der Waals surface area contributed by atoms with Gasteiger partial charge in [-0.25, -0.2) is 9.45 Å². The third-order valence-corrected chi connectivity index (χ3v) is 5.47. The van der Waals surface area contributed by atoms with Gasteiger partial charge in [0.25, 0.3) is 0 Å². The van der Waals surface area contributed by atoms with Crippen LogP contribution in [0.5, 0.6) is 0 Å². The molecule has 0 rings (SSSR count). The van der Waals surface area contributed by atoms with Crippen LogP contribution in [0.1, 0.15) is 110 Å². The molecule has 1 atom stereocenters. The van der Waals surface area contributed by atoms with E-state index >= 15 is 0 Å². The van der Waals surface area contributed by atoms with Gasteiger partial charge in [-0.2, -0.15) is 0 Å². The van der Waals surface area contributed by atoms with E-state index in [-0.39, 0.29) is 13.2 Å². The Bertz CT molecular complexity index is 354. The van der Waals surface area contributed by atoms with Gasteiger partial charge < -0.3 is 9.63 Å². The monoisotopic (exact) mass is 424 g/mol. The lowest BCUT2D eigenvalue weighted by Crippen LogP contribution is -2.05. The van der Waals surface area contributed by atoms with Gasteiger partial charge in [0.2, 0.25) is 0 Å². The third-order valence-electron chi connectivity index (χ3n) is 4.66. The minimum absolute atomic E-state index is 0.00391. The second-order valence-electron chi connectivity index (χ2n) is 7.34. The van der Waals surface area contributed by atoms with Crippen LogP contribution < -0.4 is 0 Å². The van der Waals surface area contributed by atoms with Crippen molar-refractivity contribution in [3.8, 4) is 0 Å². The van der Waals surface area contributed by atoms with Crippen molar-refractivity contribution in [1.29, 1.82) is 0 Å². The molecule has 0 aromatic rings. The quantitative estimate of drug-likeness (QED) is 0.0827. The molecule has 6 nitrogen and oxygen atoms in total. The standard InChI is InChI=1S/C21H45O6P/c1-3-5-6-7-8-9-10-11-12-13-14-15-16-17-18-19-25-27-28(22,23)26-21-20-24-4-2/h3-21H2,1-2H3,(H,22,23). The van der Waals surface area contributed by atoms with Crippen molar-refractivity contribution in [2.45, 2.75) is 110 Å². The topological polar surface area (TPSA) is 74.2 Å². The summed E-state index contributed by atoms with van der Waals surface area (Å²) in [5.41, 5.74) is 0. The lowest BCUT2D eigenvalue weighted by Gasteiger charge is -2.10. The first-order chi connectivity index (χ1) is 13.6. The molecule has 0 amide bonds. The summed E-state index contributed by atoms with van der Waals surface area (Å²) in [7, 11) is -4.12. The van der Waals surface area contributed by atoms with Crippen LogP contribution in [0.15, 0.2) is 0 Å². The highest BCUT2D eigenvalue weighted by Crippen LogP contribution is 2.43. The lowest BCUT2D eigenvalue weighted by molar-refractivity contribution is -0.225. The summed E-state index contributed by atoms with van der Waals surface area (Å²) in [4.78, 5) is 14.2. The minimum atomic E-state index is -4.12. The van der Waals surface area contributed by atoms with Gasteiger partial charge >= 0.3 is 7.82 Å². The minimum Gasteiger partial charge on any atom is -0.379 e. The second kappa shape index (κ2) is 21.7. The van der Waals surface area contributed by atoms with Crippen molar-refractivity contribution >= 4 is 7.82 Å². The van der Waals surface area contributed by atoms with Crippen molar-refractivity contribution < 1.29 is 28.3 Å². The zero-order valence-corrected chi connectivity index (χ0v) is 19.3. The summed E-state index contributed by atoms with van der Waals surface area (Å²) in [6.07, 6.45) is 19.4. The van der Waals surface area contributed by atoms with Crippen molar-refractivity contribution in [3.05, 3.63) is 0 Å². The van der Waals surface area contributed by atoms with Crippen LogP contribution in [0.3, 0.4) is 0 Å². The molecule has 7 heteroatoms. The van der Waals surface area contributed by atoms with E-state index in [2.05, 4.69) is 11.6 Å². The molecule has 0 bridgehead atoms. The van der Waals surface area contributed by atoms with E-state index in [0.29, 0.717) is 13.2 Å². The van der Waals surface area contributed by atoms with Crippen LogP contribution in [0, 0.1) is 0 Å². The fraction of sp³-hybridized carbons (Fsp3) is 1.00. The Hall–Kier alpha value is 0.0300. The van der Waals surface area contributed by atoms with Crippen LogP contribution in [-0.2, 0) is 23.4 Å². The first-order valence-electron chi connectivity index (χ1n) is 11.5. The van der Waals surface area contributed by atoms with E-state index < -0.39 is 7.82 Å². The van der Waals surface area contributed by atoms with E-state index in [0.717, 1.165) is 12.8 Å². The van der Waals surface area contributed by atoms with Crippen LogP contribution in [0.4, 0.5) is 0 Å². The Morgan fingerprint density at radius 3 is 1.57 bits per heavy atom. The Kier molecular flexibility index (Phi) is 21.8. The number of unbranched alkanes of at least 4 members (excludes halogenated alkanes) is 14. The molecule has 28 heavy (non-hydrogen) atoms. The molecule has 0 radical (unpaired) electrons. The van der Waals surface area contributed by atoms with Crippen molar-refractivity contribution in [2.24, 2.45) is 0 Å². The molecule has 0 fully saturated rings. The molecule has 0 aliphatic carbocycles. The summed E-state index contributed by atoms with van der Waals surface area (Å²) < 4.78 is 25.6. The molecule has 0 spiro atoms. The van der Waals surface area contributed by atoms with Crippen LogP contribution >= 0.6 is 7.82 Å². The van der Waals surface area contributed by atoms with E-state index in [4.69, 9.17) is 14.1 Å². The van der Waals surface area contributed by atoms with E-state index in [1.54, 1.807) is 0 Å². The highest BCUT2D eigenvalue weighted by atomic mass is 31.2. The summed E-state index contributed by atoms with van der Waals surface area (Å²) in [6, 6.07) is 0. The van der Waals surface area contributed by atoms with Crippen LogP contribution in [0.25, 0.3) is 0 Å². The number of phosphoric acid groups is 1. The maximum atomic E-state index is 11.5. The predicted molar refractivity (Wildman–Crippen MR) is 114 cm³/mol. The van der Waals surface area contributed by atoms with E-state index in [9.17, 15) is 9.46 Å². The summed E-state index contributed by atoms with van der Waals surface area (Å²) in [6.45, 7) is 5.21. The molecular weight excluding hydrogens is 379 g/mol. The van der Waals surface area contributed by atoms with Crippen molar-refractivity contribution in [2.75, 3.05) is 26.4 Å². The number of hydrogen-bond acceptors (Lipinski definition) is 5. The number of phosphoric ester groups is 1. The van der Waals surface area contributed by atoms with Crippen molar-refractivity contribution in [3.63, 3.8) is 0 Å². The average Bonchev–Trinajstić information content (AvgIpc) is 2.67. The van der Waals surface area contributed by atoms with Gasteiger partial charge in [0, 0.05) is 6.61 Å². The van der Waals surface area contributed by atoms with E-state index in [1.165, 1.54) is 83.5 Å². The SMILES string of the molecule is CCCCCCCCCCCCCCCCCOOP(=O)(O)OCCOCC. The largest absolute Gasteiger partial charge is 0.499 e. The lowest BCUT2D eigenvalue weighted by atomic mass is 10.0. The smallest absolute Gasteiger partial charge is 0.379 e. The van der Waals surface area contributed by atoms with Gasteiger partial charge in [0.15, 0.2) is 0 Å². The van der Waals surface area contributed by atoms with Crippen LogP contribution in [0.2, 0.25) is 0 Å². The first kappa shape index (κ1) is 28.0. The summed E-state index contributed by atoms with van der Waals surface area (Å²) in [5.74, 6) is 0. The van der Waals surface area contributed by atoms with Gasteiger partial charge in [-0.05, 0) is 13.3 Å². The molecule has 0 aliphatic rings. The van der Waals surface area contributed by atoms with Crippen LogP contribution in [-0.4, -0.2) is 31.3 Å². The Morgan fingerprint density at radius 1 is 0.643 bits per heavy atom. The molecule has 170 valence electrons. The summed E-state index contributed by atoms with van der Waals surface area (Å²) >= 11 is 0. The van der Waals surface area contributed by atoms with Gasteiger partial charge in [0.05, 0.1) is 19.8 Å². The zero-order chi connectivity index (χ0) is 20.8. The molecule has 0 heterocycles. The normalized spacial score (nSPS) is 13.7. The van der Waals surface area contributed by atoms with Gasteiger partial charge in [-0.15, -0.1) is 4.67 Å². The molecule has 1 N–H and O–H groups in total. The number of rotatable bonds is 23. The fourth-order valence-corrected chi connectivity index (χ4v) is 3.57. The average molecular weight is 425 g/mol. The molecule has 1 unspecified atom stereocenters.